The van der Waals surface area contributed by atoms with E-state index in [4.69, 9.17) is 0 Å². The summed E-state index contributed by atoms with van der Waals surface area (Å²) in [6.07, 6.45) is 0.311. The molecule has 0 unspecified atom stereocenters. The summed E-state index contributed by atoms with van der Waals surface area (Å²) in [6, 6.07) is 7.92. The largest absolute Gasteiger partial charge is 0.356 e. The smallest absolute Gasteiger partial charge is 0.222 e. The molecule has 4 heteroatoms. The topological polar surface area (TPSA) is 58.2 Å². The molecule has 92 valence electrons. The van der Waals surface area contributed by atoms with Crippen molar-refractivity contribution in [3.05, 3.63) is 35.4 Å². The van der Waals surface area contributed by atoms with Gasteiger partial charge in [-0.2, -0.15) is 0 Å². The quantitative estimate of drug-likeness (QED) is 0.802. The first kappa shape index (κ1) is 13.2. The van der Waals surface area contributed by atoms with Crippen molar-refractivity contribution in [1.82, 2.24) is 10.6 Å². The Labute approximate surface area is 101 Å². The number of aryl methyl sites for hydroxylation is 1. The highest BCUT2D eigenvalue weighted by atomic mass is 16.2. The van der Waals surface area contributed by atoms with Gasteiger partial charge in [0.15, 0.2) is 0 Å². The van der Waals surface area contributed by atoms with Gasteiger partial charge in [-0.1, -0.05) is 24.3 Å². The first-order valence-corrected chi connectivity index (χ1v) is 5.65. The van der Waals surface area contributed by atoms with Gasteiger partial charge in [0.2, 0.25) is 11.8 Å². The van der Waals surface area contributed by atoms with E-state index in [9.17, 15) is 9.59 Å². The lowest BCUT2D eigenvalue weighted by atomic mass is 10.1. The summed E-state index contributed by atoms with van der Waals surface area (Å²) < 4.78 is 0. The number of carbonyl (C=O) groups excluding carboxylic acids is 2. The van der Waals surface area contributed by atoms with Crippen molar-refractivity contribution in [3.63, 3.8) is 0 Å². The Morgan fingerprint density at radius 2 is 1.88 bits per heavy atom. The lowest BCUT2D eigenvalue weighted by Gasteiger charge is -2.07. The van der Waals surface area contributed by atoms with E-state index in [2.05, 4.69) is 10.6 Å². The zero-order chi connectivity index (χ0) is 12.7. The lowest BCUT2D eigenvalue weighted by Crippen LogP contribution is -2.29. The molecule has 0 atom stereocenters. The molecular weight excluding hydrogens is 216 g/mol. The van der Waals surface area contributed by atoms with Crippen molar-refractivity contribution >= 4 is 11.8 Å². The van der Waals surface area contributed by atoms with Crippen LogP contribution in [0.15, 0.2) is 24.3 Å². The van der Waals surface area contributed by atoms with Gasteiger partial charge in [0.25, 0.3) is 0 Å². The predicted molar refractivity (Wildman–Crippen MR) is 66.3 cm³/mol. The Hall–Kier alpha value is -1.84. The average Bonchev–Trinajstić information content (AvgIpc) is 2.27. The molecule has 2 amide bonds. The fourth-order valence-corrected chi connectivity index (χ4v) is 1.44. The van der Waals surface area contributed by atoms with Gasteiger partial charge in [-0.3, -0.25) is 9.59 Å². The van der Waals surface area contributed by atoms with Crippen LogP contribution in [-0.2, 0) is 16.1 Å². The van der Waals surface area contributed by atoms with E-state index in [1.165, 1.54) is 6.92 Å². The summed E-state index contributed by atoms with van der Waals surface area (Å²) in [6.45, 7) is 4.37. The molecule has 0 aliphatic heterocycles. The Kier molecular flexibility index (Phi) is 5.20. The number of carbonyl (C=O) groups is 2. The van der Waals surface area contributed by atoms with Gasteiger partial charge >= 0.3 is 0 Å². The van der Waals surface area contributed by atoms with Crippen LogP contribution < -0.4 is 10.6 Å². The van der Waals surface area contributed by atoms with Crippen LogP contribution in [0.2, 0.25) is 0 Å². The molecule has 4 nitrogen and oxygen atoms in total. The van der Waals surface area contributed by atoms with E-state index in [0.29, 0.717) is 19.5 Å². The fourth-order valence-electron chi connectivity index (χ4n) is 1.44. The zero-order valence-electron chi connectivity index (χ0n) is 10.2. The first-order chi connectivity index (χ1) is 8.09. The Morgan fingerprint density at radius 3 is 2.53 bits per heavy atom. The van der Waals surface area contributed by atoms with E-state index in [1.807, 2.05) is 31.2 Å². The molecule has 1 rings (SSSR count). The van der Waals surface area contributed by atoms with Crippen LogP contribution >= 0.6 is 0 Å². The van der Waals surface area contributed by atoms with E-state index < -0.39 is 0 Å². The Bertz CT molecular complexity index is 402. The summed E-state index contributed by atoms with van der Waals surface area (Å²) in [5.41, 5.74) is 2.27. The second kappa shape index (κ2) is 6.68. The molecule has 2 N–H and O–H groups in total. The molecule has 0 spiro atoms. The van der Waals surface area contributed by atoms with Gasteiger partial charge in [-0.05, 0) is 18.1 Å². The van der Waals surface area contributed by atoms with Crippen LogP contribution in [0.3, 0.4) is 0 Å². The summed E-state index contributed by atoms with van der Waals surface area (Å²) in [7, 11) is 0. The molecule has 1 aromatic rings. The van der Waals surface area contributed by atoms with Crippen molar-refractivity contribution in [2.75, 3.05) is 6.54 Å². The van der Waals surface area contributed by atoms with Gasteiger partial charge in [-0.15, -0.1) is 0 Å². The van der Waals surface area contributed by atoms with E-state index in [1.54, 1.807) is 0 Å². The molecule has 17 heavy (non-hydrogen) atoms. The molecule has 0 bridgehead atoms. The van der Waals surface area contributed by atoms with Crippen molar-refractivity contribution in [2.24, 2.45) is 0 Å². The van der Waals surface area contributed by atoms with E-state index in [0.717, 1.165) is 11.1 Å². The third-order valence-electron chi connectivity index (χ3n) is 2.46. The van der Waals surface area contributed by atoms with Crippen LogP contribution in [0, 0.1) is 6.92 Å². The molecule has 0 fully saturated rings. The van der Waals surface area contributed by atoms with E-state index in [-0.39, 0.29) is 11.8 Å². The summed E-state index contributed by atoms with van der Waals surface area (Å²) >= 11 is 0. The van der Waals surface area contributed by atoms with Crippen molar-refractivity contribution in [3.8, 4) is 0 Å². The molecule has 1 aromatic carbocycles. The first-order valence-electron chi connectivity index (χ1n) is 5.65. The van der Waals surface area contributed by atoms with Gasteiger partial charge < -0.3 is 10.6 Å². The van der Waals surface area contributed by atoms with Gasteiger partial charge in [-0.25, -0.2) is 0 Å². The molecule has 0 heterocycles. The Balaban J connectivity index is 2.29. The highest BCUT2D eigenvalue weighted by molar-refractivity contribution is 5.77. The number of rotatable bonds is 5. The highest BCUT2D eigenvalue weighted by Crippen LogP contribution is 2.05. The third kappa shape index (κ3) is 5.15. The second-order valence-electron chi connectivity index (χ2n) is 3.94. The molecule has 0 saturated heterocycles. The highest BCUT2D eigenvalue weighted by Gasteiger charge is 2.02. The summed E-state index contributed by atoms with van der Waals surface area (Å²) in [4.78, 5) is 22.1. The summed E-state index contributed by atoms with van der Waals surface area (Å²) in [5.74, 6) is -0.168. The van der Waals surface area contributed by atoms with Gasteiger partial charge in [0.05, 0.1) is 0 Å². The minimum absolute atomic E-state index is 0.0537. The Morgan fingerprint density at radius 1 is 1.18 bits per heavy atom. The maximum absolute atomic E-state index is 11.4. The van der Waals surface area contributed by atoms with Crippen LogP contribution in [0.25, 0.3) is 0 Å². The molecule has 0 aromatic heterocycles. The minimum atomic E-state index is -0.114. The zero-order valence-corrected chi connectivity index (χ0v) is 10.2. The van der Waals surface area contributed by atoms with Crippen molar-refractivity contribution in [2.45, 2.75) is 26.8 Å². The predicted octanol–water partition coefficient (Wildman–Crippen LogP) is 1.14. The van der Waals surface area contributed by atoms with Crippen LogP contribution in [0.5, 0.6) is 0 Å². The number of benzene rings is 1. The van der Waals surface area contributed by atoms with E-state index >= 15 is 0 Å². The van der Waals surface area contributed by atoms with Crippen LogP contribution in [0.4, 0.5) is 0 Å². The number of hydrogen-bond donors (Lipinski definition) is 2. The molecule has 0 aliphatic rings. The molecule has 0 aliphatic carbocycles. The normalized spacial score (nSPS) is 9.76. The monoisotopic (exact) mass is 234 g/mol. The summed E-state index contributed by atoms with van der Waals surface area (Å²) in [5, 5.41) is 5.41. The van der Waals surface area contributed by atoms with Gasteiger partial charge in [0, 0.05) is 26.4 Å². The second-order valence-corrected chi connectivity index (χ2v) is 3.94. The van der Waals surface area contributed by atoms with Crippen LogP contribution in [-0.4, -0.2) is 18.4 Å². The number of hydrogen-bond acceptors (Lipinski definition) is 2. The lowest BCUT2D eigenvalue weighted by molar-refractivity contribution is -0.121. The average molecular weight is 234 g/mol. The third-order valence-corrected chi connectivity index (χ3v) is 2.46. The molecule has 0 saturated carbocycles. The molecular formula is C13H18N2O2. The molecule has 0 radical (unpaired) electrons. The number of nitrogens with one attached hydrogen (secondary N) is 2. The van der Waals surface area contributed by atoms with Gasteiger partial charge in [0.1, 0.15) is 0 Å². The maximum Gasteiger partial charge on any atom is 0.222 e. The fraction of sp³-hybridized carbons (Fsp3) is 0.385. The minimum Gasteiger partial charge on any atom is -0.356 e. The standard InChI is InChI=1S/C13H18N2O2/c1-10-5-3-4-6-12(10)9-15-13(17)7-8-14-11(2)16/h3-6H,7-9H2,1-2H3,(H,14,16)(H,15,17). The number of amides is 2. The van der Waals surface area contributed by atoms with Crippen LogP contribution in [0.1, 0.15) is 24.5 Å². The SMILES string of the molecule is CC(=O)NCCC(=O)NCc1ccccc1C. The van der Waals surface area contributed by atoms with Crippen molar-refractivity contribution < 1.29 is 9.59 Å². The van der Waals surface area contributed by atoms with Crippen molar-refractivity contribution in [1.29, 1.82) is 0 Å². The maximum atomic E-state index is 11.4.